The molecule has 1 rings (SSSR count). The first-order valence-corrected chi connectivity index (χ1v) is 6.25. The summed E-state index contributed by atoms with van der Waals surface area (Å²) in [6.07, 6.45) is 6.98. The van der Waals surface area contributed by atoms with E-state index >= 15 is 0 Å². The molecule has 0 bridgehead atoms. The number of nitrogens with zero attached hydrogens (tertiary/aromatic N) is 1. The van der Waals surface area contributed by atoms with Gasteiger partial charge in [-0.3, -0.25) is 0 Å². The van der Waals surface area contributed by atoms with Crippen molar-refractivity contribution in [2.75, 3.05) is 26.2 Å². The Balaban J connectivity index is 1.87. The Bertz CT molecular complexity index is 128. The van der Waals surface area contributed by atoms with Crippen LogP contribution < -0.4 is 5.32 Å². The van der Waals surface area contributed by atoms with Crippen LogP contribution in [-0.4, -0.2) is 37.1 Å². The molecule has 1 fully saturated rings. The van der Waals surface area contributed by atoms with Crippen molar-refractivity contribution in [1.82, 2.24) is 10.2 Å². The van der Waals surface area contributed by atoms with Crippen molar-refractivity contribution in [1.29, 1.82) is 0 Å². The van der Waals surface area contributed by atoms with Crippen LogP contribution in [0.15, 0.2) is 0 Å². The highest BCUT2D eigenvalue weighted by atomic mass is 15.1. The SMILES string of the molecule is CC(C)NCCCCN1CCCCC1. The van der Waals surface area contributed by atoms with Crippen LogP contribution in [-0.2, 0) is 0 Å². The van der Waals surface area contributed by atoms with Crippen LogP contribution in [0.5, 0.6) is 0 Å². The minimum atomic E-state index is 0.644. The molecule has 1 aliphatic heterocycles. The van der Waals surface area contributed by atoms with Crippen LogP contribution in [0.25, 0.3) is 0 Å². The quantitative estimate of drug-likeness (QED) is 0.659. The molecule has 1 aliphatic rings. The van der Waals surface area contributed by atoms with Crippen LogP contribution in [0.1, 0.15) is 46.0 Å². The molecule has 0 aliphatic carbocycles. The molecule has 0 amide bonds. The third kappa shape index (κ3) is 5.61. The van der Waals surface area contributed by atoms with Crippen LogP contribution in [0, 0.1) is 0 Å². The number of nitrogens with one attached hydrogen (secondary N) is 1. The van der Waals surface area contributed by atoms with Gasteiger partial charge in [0.25, 0.3) is 0 Å². The van der Waals surface area contributed by atoms with Crippen molar-refractivity contribution in [3.8, 4) is 0 Å². The Kier molecular flexibility index (Phi) is 6.20. The Morgan fingerprint density at radius 1 is 1.07 bits per heavy atom. The smallest absolute Gasteiger partial charge is 0.00103 e. The Morgan fingerprint density at radius 2 is 1.79 bits per heavy atom. The molecular weight excluding hydrogens is 172 g/mol. The van der Waals surface area contributed by atoms with Gasteiger partial charge in [-0.15, -0.1) is 0 Å². The molecule has 2 heteroatoms. The molecule has 0 radical (unpaired) electrons. The van der Waals surface area contributed by atoms with Crippen LogP contribution >= 0.6 is 0 Å². The van der Waals surface area contributed by atoms with Gasteiger partial charge < -0.3 is 10.2 Å². The summed E-state index contributed by atoms with van der Waals surface area (Å²) < 4.78 is 0. The van der Waals surface area contributed by atoms with Gasteiger partial charge >= 0.3 is 0 Å². The topological polar surface area (TPSA) is 15.3 Å². The first-order valence-electron chi connectivity index (χ1n) is 6.25. The number of hydrogen-bond acceptors (Lipinski definition) is 2. The average molecular weight is 198 g/mol. The summed E-state index contributed by atoms with van der Waals surface area (Å²) in [5.41, 5.74) is 0. The molecule has 2 nitrogen and oxygen atoms in total. The summed E-state index contributed by atoms with van der Waals surface area (Å²) in [5.74, 6) is 0. The minimum Gasteiger partial charge on any atom is -0.315 e. The van der Waals surface area contributed by atoms with Crippen LogP contribution in [0.2, 0.25) is 0 Å². The first-order chi connectivity index (χ1) is 6.79. The normalized spacial score (nSPS) is 19.1. The molecule has 0 spiro atoms. The Hall–Kier alpha value is -0.0800. The fraction of sp³-hybridized carbons (Fsp3) is 1.00. The maximum atomic E-state index is 3.46. The lowest BCUT2D eigenvalue weighted by Crippen LogP contribution is -2.31. The van der Waals surface area contributed by atoms with Gasteiger partial charge in [0.2, 0.25) is 0 Å². The van der Waals surface area contributed by atoms with E-state index in [9.17, 15) is 0 Å². The lowest BCUT2D eigenvalue weighted by molar-refractivity contribution is 0.224. The summed E-state index contributed by atoms with van der Waals surface area (Å²) in [6, 6.07) is 0.644. The van der Waals surface area contributed by atoms with Gasteiger partial charge in [-0.2, -0.15) is 0 Å². The van der Waals surface area contributed by atoms with E-state index in [0.29, 0.717) is 6.04 Å². The number of rotatable bonds is 6. The highest BCUT2D eigenvalue weighted by Crippen LogP contribution is 2.08. The fourth-order valence-electron chi connectivity index (χ4n) is 2.03. The molecule has 0 aromatic carbocycles. The van der Waals surface area contributed by atoms with Crippen LogP contribution in [0.4, 0.5) is 0 Å². The molecule has 1 heterocycles. The molecule has 14 heavy (non-hydrogen) atoms. The van der Waals surface area contributed by atoms with Gasteiger partial charge in [0, 0.05) is 6.04 Å². The lowest BCUT2D eigenvalue weighted by Gasteiger charge is -2.26. The highest BCUT2D eigenvalue weighted by Gasteiger charge is 2.08. The van der Waals surface area contributed by atoms with Gasteiger partial charge in [0.1, 0.15) is 0 Å². The van der Waals surface area contributed by atoms with Crippen molar-refractivity contribution in [2.45, 2.75) is 52.0 Å². The van der Waals surface area contributed by atoms with E-state index in [1.807, 2.05) is 0 Å². The van der Waals surface area contributed by atoms with Gasteiger partial charge in [0.05, 0.1) is 0 Å². The van der Waals surface area contributed by atoms with E-state index in [1.54, 1.807) is 0 Å². The van der Waals surface area contributed by atoms with E-state index in [-0.39, 0.29) is 0 Å². The van der Waals surface area contributed by atoms with Crippen molar-refractivity contribution in [3.63, 3.8) is 0 Å². The Morgan fingerprint density at radius 3 is 2.43 bits per heavy atom. The predicted molar refractivity (Wildman–Crippen MR) is 62.7 cm³/mol. The zero-order chi connectivity index (χ0) is 10.2. The third-order valence-electron chi connectivity index (χ3n) is 2.90. The second-order valence-corrected chi connectivity index (χ2v) is 4.72. The summed E-state index contributed by atoms with van der Waals surface area (Å²) in [7, 11) is 0. The fourth-order valence-corrected chi connectivity index (χ4v) is 2.03. The minimum absolute atomic E-state index is 0.644. The zero-order valence-electron chi connectivity index (χ0n) is 9.89. The van der Waals surface area contributed by atoms with E-state index in [1.165, 1.54) is 58.3 Å². The standard InChI is InChI=1S/C12H26N2/c1-12(2)13-8-4-7-11-14-9-5-3-6-10-14/h12-13H,3-11H2,1-2H3. The second-order valence-electron chi connectivity index (χ2n) is 4.72. The molecule has 0 unspecified atom stereocenters. The Labute approximate surface area is 89.1 Å². The molecule has 0 aromatic rings. The molecular formula is C12H26N2. The molecule has 0 atom stereocenters. The molecule has 0 aromatic heterocycles. The monoisotopic (exact) mass is 198 g/mol. The average Bonchev–Trinajstić information content (AvgIpc) is 2.18. The zero-order valence-corrected chi connectivity index (χ0v) is 9.89. The first kappa shape index (κ1) is 12.0. The van der Waals surface area contributed by atoms with Crippen LogP contribution in [0.3, 0.4) is 0 Å². The van der Waals surface area contributed by atoms with Gasteiger partial charge in [-0.05, 0) is 51.9 Å². The summed E-state index contributed by atoms with van der Waals surface area (Å²) in [5, 5.41) is 3.46. The maximum Gasteiger partial charge on any atom is 0.00103 e. The third-order valence-corrected chi connectivity index (χ3v) is 2.90. The van der Waals surface area contributed by atoms with Gasteiger partial charge in [-0.25, -0.2) is 0 Å². The summed E-state index contributed by atoms with van der Waals surface area (Å²) in [6.45, 7) is 9.62. The summed E-state index contributed by atoms with van der Waals surface area (Å²) >= 11 is 0. The van der Waals surface area contributed by atoms with Gasteiger partial charge in [-0.1, -0.05) is 20.3 Å². The number of hydrogen-bond donors (Lipinski definition) is 1. The lowest BCUT2D eigenvalue weighted by atomic mass is 10.1. The van der Waals surface area contributed by atoms with Crippen molar-refractivity contribution in [3.05, 3.63) is 0 Å². The second kappa shape index (κ2) is 7.24. The van der Waals surface area contributed by atoms with Gasteiger partial charge in [0.15, 0.2) is 0 Å². The van der Waals surface area contributed by atoms with E-state index in [4.69, 9.17) is 0 Å². The molecule has 84 valence electrons. The van der Waals surface area contributed by atoms with Crippen molar-refractivity contribution in [2.24, 2.45) is 0 Å². The summed E-state index contributed by atoms with van der Waals surface area (Å²) in [4.78, 5) is 2.62. The number of piperidine rings is 1. The molecule has 0 saturated carbocycles. The van der Waals surface area contributed by atoms with Crippen molar-refractivity contribution >= 4 is 0 Å². The predicted octanol–water partition coefficient (Wildman–Crippen LogP) is 2.25. The molecule has 1 N–H and O–H groups in total. The highest BCUT2D eigenvalue weighted by molar-refractivity contribution is 4.64. The van der Waals surface area contributed by atoms with E-state index in [2.05, 4.69) is 24.1 Å². The van der Waals surface area contributed by atoms with E-state index < -0.39 is 0 Å². The number of likely N-dealkylation sites (tertiary alicyclic amines) is 1. The maximum absolute atomic E-state index is 3.46. The largest absolute Gasteiger partial charge is 0.315 e. The molecule has 1 saturated heterocycles. The van der Waals surface area contributed by atoms with E-state index in [0.717, 1.165) is 0 Å². The number of unbranched alkanes of at least 4 members (excludes halogenated alkanes) is 1. The van der Waals surface area contributed by atoms with Crippen molar-refractivity contribution < 1.29 is 0 Å².